The molecule has 3 N–H and O–H groups in total. The maximum atomic E-state index is 8.99. The van der Waals surface area contributed by atoms with E-state index in [0.29, 0.717) is 6.54 Å². The van der Waals surface area contributed by atoms with Gasteiger partial charge in [0.15, 0.2) is 0 Å². The van der Waals surface area contributed by atoms with E-state index in [0.717, 1.165) is 30.8 Å². The lowest BCUT2D eigenvalue weighted by molar-refractivity contribution is 0.301. The van der Waals surface area contributed by atoms with Gasteiger partial charge in [-0.05, 0) is 24.6 Å². The van der Waals surface area contributed by atoms with Gasteiger partial charge in [-0.1, -0.05) is 19.4 Å². The first kappa shape index (κ1) is 11.9. The Kier molecular flexibility index (Phi) is 4.98. The maximum Gasteiger partial charge on any atom is 0.0606 e. The molecule has 0 fully saturated rings. The summed E-state index contributed by atoms with van der Waals surface area (Å²) in [4.78, 5) is 2.17. The lowest BCUT2D eigenvalue weighted by Gasteiger charge is -2.24. The molecule has 3 nitrogen and oxygen atoms in total. The van der Waals surface area contributed by atoms with Crippen molar-refractivity contribution in [2.75, 3.05) is 30.3 Å². The van der Waals surface area contributed by atoms with E-state index in [-0.39, 0.29) is 6.61 Å². The van der Waals surface area contributed by atoms with Gasteiger partial charge in [-0.3, -0.25) is 0 Å². The number of benzene rings is 1. The van der Waals surface area contributed by atoms with E-state index in [1.54, 1.807) is 0 Å². The molecule has 0 amide bonds. The van der Waals surface area contributed by atoms with Gasteiger partial charge in [-0.25, -0.2) is 0 Å². The van der Waals surface area contributed by atoms with Crippen LogP contribution in [-0.2, 0) is 0 Å². The van der Waals surface area contributed by atoms with Crippen LogP contribution in [0.25, 0.3) is 0 Å². The lowest BCUT2D eigenvalue weighted by atomic mass is 10.2. The zero-order valence-electron chi connectivity index (χ0n) is 9.32. The summed E-state index contributed by atoms with van der Waals surface area (Å²) in [5.41, 5.74) is 7.60. The fourth-order valence-electron chi connectivity index (χ4n) is 1.56. The molecule has 0 spiro atoms. The summed E-state index contributed by atoms with van der Waals surface area (Å²) in [6, 6.07) is 7.80. The number of rotatable bonds is 6. The van der Waals surface area contributed by atoms with Gasteiger partial charge in [-0.2, -0.15) is 0 Å². The molecule has 0 unspecified atom stereocenters. The molecule has 15 heavy (non-hydrogen) atoms. The highest BCUT2D eigenvalue weighted by atomic mass is 16.3. The van der Waals surface area contributed by atoms with Crippen molar-refractivity contribution in [3.8, 4) is 0 Å². The molecule has 0 aliphatic rings. The maximum absolute atomic E-state index is 8.99. The van der Waals surface area contributed by atoms with Crippen LogP contribution in [0.4, 0.5) is 11.4 Å². The second-order valence-corrected chi connectivity index (χ2v) is 3.66. The Labute approximate surface area is 91.5 Å². The number of aliphatic hydroxyl groups is 1. The summed E-state index contributed by atoms with van der Waals surface area (Å²) < 4.78 is 0. The highest BCUT2D eigenvalue weighted by Crippen LogP contribution is 2.17. The summed E-state index contributed by atoms with van der Waals surface area (Å²) in [7, 11) is 0. The first-order valence-electron chi connectivity index (χ1n) is 5.49. The number of nitrogens with two attached hydrogens (primary N) is 1. The molecule has 1 rings (SSSR count). The lowest BCUT2D eigenvalue weighted by Crippen LogP contribution is -2.27. The largest absolute Gasteiger partial charge is 0.399 e. The molecule has 0 atom stereocenters. The Hall–Kier alpha value is -1.22. The van der Waals surface area contributed by atoms with Gasteiger partial charge in [0.25, 0.3) is 0 Å². The smallest absolute Gasteiger partial charge is 0.0606 e. The van der Waals surface area contributed by atoms with Crippen molar-refractivity contribution in [3.05, 3.63) is 24.3 Å². The van der Waals surface area contributed by atoms with Crippen LogP contribution < -0.4 is 10.6 Å². The van der Waals surface area contributed by atoms with Crippen LogP contribution in [0.15, 0.2) is 24.3 Å². The molecule has 0 bridgehead atoms. The number of nitrogen functional groups attached to an aromatic ring is 1. The third kappa shape index (κ3) is 3.80. The van der Waals surface area contributed by atoms with Crippen molar-refractivity contribution in [3.63, 3.8) is 0 Å². The summed E-state index contributed by atoms with van der Waals surface area (Å²) >= 11 is 0. The van der Waals surface area contributed by atoms with Crippen LogP contribution in [0.1, 0.15) is 19.8 Å². The predicted molar refractivity (Wildman–Crippen MR) is 65.1 cm³/mol. The topological polar surface area (TPSA) is 49.5 Å². The SMILES string of the molecule is CCCCN(CCO)c1cccc(N)c1. The molecule has 0 saturated carbocycles. The van der Waals surface area contributed by atoms with Gasteiger partial charge in [0.1, 0.15) is 0 Å². The van der Waals surface area contributed by atoms with Crippen molar-refractivity contribution in [1.82, 2.24) is 0 Å². The first-order valence-corrected chi connectivity index (χ1v) is 5.49. The van der Waals surface area contributed by atoms with E-state index in [1.807, 2.05) is 24.3 Å². The summed E-state index contributed by atoms with van der Waals surface area (Å²) in [6.07, 6.45) is 2.29. The molecule has 0 radical (unpaired) electrons. The van der Waals surface area contributed by atoms with Crippen LogP contribution in [-0.4, -0.2) is 24.8 Å². The van der Waals surface area contributed by atoms with Crippen molar-refractivity contribution >= 4 is 11.4 Å². The fraction of sp³-hybridized carbons (Fsp3) is 0.500. The fourth-order valence-corrected chi connectivity index (χ4v) is 1.56. The summed E-state index contributed by atoms with van der Waals surface area (Å²) in [5, 5.41) is 8.99. The minimum absolute atomic E-state index is 0.179. The average Bonchev–Trinajstić information content (AvgIpc) is 2.24. The Morgan fingerprint density at radius 2 is 2.13 bits per heavy atom. The number of aliphatic hydroxyl groups excluding tert-OH is 1. The number of anilines is 2. The number of hydrogen-bond acceptors (Lipinski definition) is 3. The van der Waals surface area contributed by atoms with E-state index < -0.39 is 0 Å². The van der Waals surface area contributed by atoms with E-state index >= 15 is 0 Å². The highest BCUT2D eigenvalue weighted by molar-refractivity contribution is 5.55. The van der Waals surface area contributed by atoms with Gasteiger partial charge < -0.3 is 15.7 Å². The second kappa shape index (κ2) is 6.30. The van der Waals surface area contributed by atoms with Crippen molar-refractivity contribution in [2.24, 2.45) is 0 Å². The summed E-state index contributed by atoms with van der Waals surface area (Å²) in [6.45, 7) is 3.99. The predicted octanol–water partition coefficient (Wildman–Crippen LogP) is 1.87. The minimum Gasteiger partial charge on any atom is -0.399 e. The van der Waals surface area contributed by atoms with Gasteiger partial charge in [0.2, 0.25) is 0 Å². The molecular formula is C12H20N2O. The third-order valence-corrected chi connectivity index (χ3v) is 2.39. The molecule has 0 aliphatic carbocycles. The Bertz CT molecular complexity index is 289. The Balaban J connectivity index is 2.69. The first-order chi connectivity index (χ1) is 7.27. The van der Waals surface area contributed by atoms with E-state index in [4.69, 9.17) is 10.8 Å². The minimum atomic E-state index is 0.179. The molecule has 84 valence electrons. The molecule has 1 aromatic rings. The van der Waals surface area contributed by atoms with Gasteiger partial charge in [0.05, 0.1) is 6.61 Å². The molecular weight excluding hydrogens is 188 g/mol. The molecule has 0 saturated heterocycles. The monoisotopic (exact) mass is 208 g/mol. The van der Waals surface area contributed by atoms with Crippen LogP contribution in [0.3, 0.4) is 0 Å². The molecule has 0 aliphatic heterocycles. The second-order valence-electron chi connectivity index (χ2n) is 3.66. The number of hydrogen-bond donors (Lipinski definition) is 2. The van der Waals surface area contributed by atoms with Crippen LogP contribution in [0.5, 0.6) is 0 Å². The third-order valence-electron chi connectivity index (χ3n) is 2.39. The number of nitrogens with zero attached hydrogens (tertiary/aromatic N) is 1. The van der Waals surface area contributed by atoms with Crippen molar-refractivity contribution in [1.29, 1.82) is 0 Å². The van der Waals surface area contributed by atoms with Gasteiger partial charge in [0, 0.05) is 24.5 Å². The Morgan fingerprint density at radius 1 is 1.33 bits per heavy atom. The average molecular weight is 208 g/mol. The van der Waals surface area contributed by atoms with E-state index in [9.17, 15) is 0 Å². The van der Waals surface area contributed by atoms with Gasteiger partial charge >= 0.3 is 0 Å². The Morgan fingerprint density at radius 3 is 2.73 bits per heavy atom. The summed E-state index contributed by atoms with van der Waals surface area (Å²) in [5.74, 6) is 0. The molecule has 1 aromatic carbocycles. The van der Waals surface area contributed by atoms with Crippen molar-refractivity contribution < 1.29 is 5.11 Å². The standard InChI is InChI=1S/C12H20N2O/c1-2-3-7-14(8-9-15)12-6-4-5-11(13)10-12/h4-6,10,15H,2-3,7-9,13H2,1H3. The van der Waals surface area contributed by atoms with Crippen molar-refractivity contribution in [2.45, 2.75) is 19.8 Å². The van der Waals surface area contributed by atoms with Gasteiger partial charge in [-0.15, -0.1) is 0 Å². The van der Waals surface area contributed by atoms with Crippen LogP contribution in [0, 0.1) is 0 Å². The van der Waals surface area contributed by atoms with E-state index in [1.165, 1.54) is 0 Å². The quantitative estimate of drug-likeness (QED) is 0.702. The zero-order chi connectivity index (χ0) is 11.1. The number of unbranched alkanes of at least 4 members (excludes halogenated alkanes) is 1. The normalized spacial score (nSPS) is 10.3. The van der Waals surface area contributed by atoms with Crippen LogP contribution in [0.2, 0.25) is 0 Å². The molecule has 0 aromatic heterocycles. The highest BCUT2D eigenvalue weighted by Gasteiger charge is 2.04. The molecule has 3 heteroatoms. The molecule has 0 heterocycles. The zero-order valence-corrected chi connectivity index (χ0v) is 9.32. The van der Waals surface area contributed by atoms with E-state index in [2.05, 4.69) is 11.8 Å². The van der Waals surface area contributed by atoms with Crippen LogP contribution >= 0.6 is 0 Å².